The molecule has 0 spiro atoms. The third-order valence-corrected chi connectivity index (χ3v) is 4.05. The number of thioether (sulfide) groups is 1. The molecule has 1 aromatic carbocycles. The SMILES string of the molecule is CSc1ccc(C(=O)NC2CCNC(C)C2)cc1.Cl. The molecule has 3 nitrogen and oxygen atoms in total. The van der Waals surface area contributed by atoms with Gasteiger partial charge < -0.3 is 10.6 Å². The summed E-state index contributed by atoms with van der Waals surface area (Å²) < 4.78 is 0. The lowest BCUT2D eigenvalue weighted by atomic mass is 10.0. The number of carbonyl (C=O) groups excluding carboxylic acids is 1. The van der Waals surface area contributed by atoms with Gasteiger partial charge in [-0.15, -0.1) is 24.2 Å². The monoisotopic (exact) mass is 300 g/mol. The molecule has 0 bridgehead atoms. The van der Waals surface area contributed by atoms with Gasteiger partial charge in [-0.1, -0.05) is 0 Å². The van der Waals surface area contributed by atoms with Gasteiger partial charge in [-0.05, 0) is 56.8 Å². The van der Waals surface area contributed by atoms with Crippen LogP contribution in [0.25, 0.3) is 0 Å². The summed E-state index contributed by atoms with van der Waals surface area (Å²) in [6.07, 6.45) is 4.05. The van der Waals surface area contributed by atoms with Crippen molar-refractivity contribution in [2.24, 2.45) is 0 Å². The Morgan fingerprint density at radius 1 is 1.37 bits per heavy atom. The molecule has 0 aliphatic carbocycles. The Balaban J connectivity index is 0.00000180. The van der Waals surface area contributed by atoms with E-state index in [1.807, 2.05) is 30.5 Å². The van der Waals surface area contributed by atoms with E-state index in [9.17, 15) is 4.79 Å². The van der Waals surface area contributed by atoms with Crippen LogP contribution in [0.4, 0.5) is 0 Å². The number of hydrogen-bond donors (Lipinski definition) is 2. The minimum absolute atomic E-state index is 0. The third-order valence-electron chi connectivity index (χ3n) is 3.31. The highest BCUT2D eigenvalue weighted by Gasteiger charge is 2.20. The molecule has 0 aromatic heterocycles. The van der Waals surface area contributed by atoms with E-state index in [0.717, 1.165) is 24.9 Å². The molecule has 0 radical (unpaired) electrons. The summed E-state index contributed by atoms with van der Waals surface area (Å²) in [6, 6.07) is 8.56. The van der Waals surface area contributed by atoms with Crippen molar-refractivity contribution in [1.29, 1.82) is 0 Å². The van der Waals surface area contributed by atoms with Crippen LogP contribution in [0.2, 0.25) is 0 Å². The average molecular weight is 301 g/mol. The Hall–Kier alpha value is -0.710. The molecule has 1 aliphatic heterocycles. The molecule has 2 unspecified atom stereocenters. The van der Waals surface area contributed by atoms with Crippen LogP contribution in [0.3, 0.4) is 0 Å². The van der Waals surface area contributed by atoms with Crippen molar-refractivity contribution in [3.8, 4) is 0 Å². The topological polar surface area (TPSA) is 41.1 Å². The molecule has 5 heteroatoms. The fraction of sp³-hybridized carbons (Fsp3) is 0.500. The van der Waals surface area contributed by atoms with Gasteiger partial charge in [0, 0.05) is 22.5 Å². The van der Waals surface area contributed by atoms with E-state index in [2.05, 4.69) is 17.6 Å². The van der Waals surface area contributed by atoms with Gasteiger partial charge in [-0.2, -0.15) is 0 Å². The molecule has 0 saturated carbocycles. The first kappa shape index (κ1) is 16.3. The lowest BCUT2D eigenvalue weighted by Crippen LogP contribution is -2.46. The number of halogens is 1. The van der Waals surface area contributed by atoms with E-state index in [1.54, 1.807) is 11.8 Å². The van der Waals surface area contributed by atoms with E-state index in [-0.39, 0.29) is 18.3 Å². The quantitative estimate of drug-likeness (QED) is 0.843. The lowest BCUT2D eigenvalue weighted by molar-refractivity contribution is 0.0925. The maximum Gasteiger partial charge on any atom is 0.251 e. The first-order valence-corrected chi connectivity index (χ1v) is 7.60. The Kier molecular flexibility index (Phi) is 6.69. The van der Waals surface area contributed by atoms with E-state index in [4.69, 9.17) is 0 Å². The van der Waals surface area contributed by atoms with Crippen molar-refractivity contribution in [2.45, 2.75) is 36.7 Å². The molecule has 2 N–H and O–H groups in total. The number of rotatable bonds is 3. The standard InChI is InChI=1S/C14H20N2OS.ClH/c1-10-9-12(7-8-15-10)16-14(17)11-3-5-13(18-2)6-4-11;/h3-6,10,12,15H,7-9H2,1-2H3,(H,16,17);1H. The fourth-order valence-corrected chi connectivity index (χ4v) is 2.68. The molecule has 1 fully saturated rings. The molecule has 106 valence electrons. The number of hydrogen-bond acceptors (Lipinski definition) is 3. The summed E-state index contributed by atoms with van der Waals surface area (Å²) in [6.45, 7) is 3.14. The van der Waals surface area contributed by atoms with Crippen LogP contribution in [0.15, 0.2) is 29.2 Å². The average Bonchev–Trinajstić information content (AvgIpc) is 2.39. The Labute approximate surface area is 125 Å². The van der Waals surface area contributed by atoms with E-state index < -0.39 is 0 Å². The smallest absolute Gasteiger partial charge is 0.251 e. The van der Waals surface area contributed by atoms with Gasteiger partial charge in [-0.3, -0.25) is 4.79 Å². The lowest BCUT2D eigenvalue weighted by Gasteiger charge is -2.28. The summed E-state index contributed by atoms with van der Waals surface area (Å²) >= 11 is 1.69. The molecule has 2 rings (SSSR count). The fourth-order valence-electron chi connectivity index (χ4n) is 2.27. The highest BCUT2D eigenvalue weighted by atomic mass is 35.5. The first-order valence-electron chi connectivity index (χ1n) is 6.37. The second-order valence-corrected chi connectivity index (χ2v) is 5.66. The number of amides is 1. The van der Waals surface area contributed by atoms with Crippen LogP contribution in [0.5, 0.6) is 0 Å². The van der Waals surface area contributed by atoms with Crippen LogP contribution >= 0.6 is 24.2 Å². The molecule has 19 heavy (non-hydrogen) atoms. The molecule has 1 amide bonds. The first-order chi connectivity index (χ1) is 8.69. The van der Waals surface area contributed by atoms with Gasteiger partial charge in [0.2, 0.25) is 0 Å². The summed E-state index contributed by atoms with van der Waals surface area (Å²) in [7, 11) is 0. The zero-order valence-electron chi connectivity index (χ0n) is 11.3. The minimum atomic E-state index is 0. The zero-order chi connectivity index (χ0) is 13.0. The maximum atomic E-state index is 12.1. The molecular weight excluding hydrogens is 280 g/mol. The van der Waals surface area contributed by atoms with Crippen LogP contribution in [-0.2, 0) is 0 Å². The molecule has 1 aliphatic rings. The second kappa shape index (κ2) is 7.78. The van der Waals surface area contributed by atoms with Crippen LogP contribution in [0, 0.1) is 0 Å². The Morgan fingerprint density at radius 3 is 2.63 bits per heavy atom. The van der Waals surface area contributed by atoms with E-state index >= 15 is 0 Å². The minimum Gasteiger partial charge on any atom is -0.349 e. The normalized spacial score (nSPS) is 22.4. The second-order valence-electron chi connectivity index (χ2n) is 4.78. The van der Waals surface area contributed by atoms with Crippen molar-refractivity contribution in [1.82, 2.24) is 10.6 Å². The van der Waals surface area contributed by atoms with Gasteiger partial charge in [0.05, 0.1) is 0 Å². The van der Waals surface area contributed by atoms with Crippen LogP contribution in [-0.4, -0.2) is 30.8 Å². The number of nitrogens with one attached hydrogen (secondary N) is 2. The zero-order valence-corrected chi connectivity index (χ0v) is 12.9. The summed E-state index contributed by atoms with van der Waals surface area (Å²) in [5.74, 6) is 0.0433. The van der Waals surface area contributed by atoms with Gasteiger partial charge in [0.25, 0.3) is 5.91 Å². The molecule has 1 aromatic rings. The highest BCUT2D eigenvalue weighted by molar-refractivity contribution is 7.98. The van der Waals surface area contributed by atoms with Gasteiger partial charge >= 0.3 is 0 Å². The molecular formula is C14H21ClN2OS. The number of carbonyl (C=O) groups is 1. The Bertz CT molecular complexity index is 410. The highest BCUT2D eigenvalue weighted by Crippen LogP contribution is 2.15. The Morgan fingerprint density at radius 2 is 2.05 bits per heavy atom. The van der Waals surface area contributed by atoms with Gasteiger partial charge in [0.1, 0.15) is 0 Å². The molecule has 2 atom stereocenters. The van der Waals surface area contributed by atoms with Crippen LogP contribution in [0.1, 0.15) is 30.1 Å². The van der Waals surface area contributed by atoms with Crippen LogP contribution < -0.4 is 10.6 Å². The van der Waals surface area contributed by atoms with Gasteiger partial charge in [-0.25, -0.2) is 0 Å². The summed E-state index contributed by atoms with van der Waals surface area (Å²) in [4.78, 5) is 13.3. The largest absolute Gasteiger partial charge is 0.349 e. The summed E-state index contributed by atoms with van der Waals surface area (Å²) in [5, 5.41) is 6.50. The number of benzene rings is 1. The predicted molar refractivity (Wildman–Crippen MR) is 83.4 cm³/mol. The van der Waals surface area contributed by atoms with Crippen molar-refractivity contribution >= 4 is 30.1 Å². The van der Waals surface area contributed by atoms with Crippen molar-refractivity contribution < 1.29 is 4.79 Å². The molecule has 1 saturated heterocycles. The van der Waals surface area contributed by atoms with E-state index in [1.165, 1.54) is 4.90 Å². The van der Waals surface area contributed by atoms with E-state index in [0.29, 0.717) is 12.1 Å². The maximum absolute atomic E-state index is 12.1. The van der Waals surface area contributed by atoms with Gasteiger partial charge in [0.15, 0.2) is 0 Å². The predicted octanol–water partition coefficient (Wildman–Crippen LogP) is 2.70. The molecule has 1 heterocycles. The number of piperidine rings is 1. The van der Waals surface area contributed by atoms with Crippen molar-refractivity contribution in [2.75, 3.05) is 12.8 Å². The summed E-state index contributed by atoms with van der Waals surface area (Å²) in [5.41, 5.74) is 0.749. The van der Waals surface area contributed by atoms with Crippen molar-refractivity contribution in [3.63, 3.8) is 0 Å². The third kappa shape index (κ3) is 4.71. The van der Waals surface area contributed by atoms with Crippen molar-refractivity contribution in [3.05, 3.63) is 29.8 Å².